The highest BCUT2D eigenvalue weighted by atomic mass is 16.2. The second-order valence-corrected chi connectivity index (χ2v) is 6.69. The van der Waals surface area contributed by atoms with Crippen LogP contribution in [0.3, 0.4) is 0 Å². The SMILES string of the molecule is O=C(c1ccnnc1)N1Cc2nccn2C[C@H](CN2CCCC2)C1. The minimum Gasteiger partial charge on any atom is -0.333 e. The summed E-state index contributed by atoms with van der Waals surface area (Å²) in [4.78, 5) is 21.7. The molecule has 0 unspecified atom stereocenters. The van der Waals surface area contributed by atoms with Crippen molar-refractivity contribution in [3.05, 3.63) is 42.2 Å². The third-order valence-electron chi connectivity index (χ3n) is 4.90. The zero-order valence-electron chi connectivity index (χ0n) is 13.7. The molecule has 2 aliphatic heterocycles. The molecule has 0 aliphatic carbocycles. The van der Waals surface area contributed by atoms with Crippen LogP contribution in [0.15, 0.2) is 30.9 Å². The summed E-state index contributed by atoms with van der Waals surface area (Å²) in [5.41, 5.74) is 0.588. The number of carbonyl (C=O) groups is 1. The number of amides is 1. The summed E-state index contributed by atoms with van der Waals surface area (Å²) in [5.74, 6) is 1.37. The number of aromatic nitrogens is 4. The van der Waals surface area contributed by atoms with Crippen LogP contribution in [0.1, 0.15) is 29.0 Å². The quantitative estimate of drug-likeness (QED) is 0.843. The highest BCUT2D eigenvalue weighted by Gasteiger charge is 2.28. The van der Waals surface area contributed by atoms with Crippen LogP contribution in [0.4, 0.5) is 0 Å². The minimum atomic E-state index is 0.00720. The Balaban J connectivity index is 1.55. The van der Waals surface area contributed by atoms with Gasteiger partial charge >= 0.3 is 0 Å². The van der Waals surface area contributed by atoms with Crippen molar-refractivity contribution in [3.63, 3.8) is 0 Å². The zero-order chi connectivity index (χ0) is 16.4. The van der Waals surface area contributed by atoms with Crippen LogP contribution in [0.5, 0.6) is 0 Å². The normalized spacial score (nSPS) is 21.5. The Morgan fingerprint density at radius 1 is 1.17 bits per heavy atom. The molecule has 2 aliphatic rings. The number of likely N-dealkylation sites (tertiary alicyclic amines) is 1. The topological polar surface area (TPSA) is 67.2 Å². The lowest BCUT2D eigenvalue weighted by Gasteiger charge is -2.27. The molecular weight excluding hydrogens is 304 g/mol. The number of nitrogens with zero attached hydrogens (tertiary/aromatic N) is 6. The van der Waals surface area contributed by atoms with Crippen molar-refractivity contribution in [1.29, 1.82) is 0 Å². The van der Waals surface area contributed by atoms with Crippen molar-refractivity contribution in [3.8, 4) is 0 Å². The Kier molecular flexibility index (Phi) is 4.25. The molecule has 0 bridgehead atoms. The Morgan fingerprint density at radius 3 is 2.83 bits per heavy atom. The maximum Gasteiger partial charge on any atom is 0.255 e. The fraction of sp³-hybridized carbons (Fsp3) is 0.529. The van der Waals surface area contributed by atoms with Crippen molar-refractivity contribution in [2.24, 2.45) is 5.92 Å². The minimum absolute atomic E-state index is 0.00720. The average molecular weight is 326 g/mol. The predicted octanol–water partition coefficient (Wildman–Crippen LogP) is 1.04. The molecule has 1 amide bonds. The number of rotatable bonds is 3. The largest absolute Gasteiger partial charge is 0.333 e. The summed E-state index contributed by atoms with van der Waals surface area (Å²) in [6, 6.07) is 1.72. The molecule has 1 atom stereocenters. The molecule has 126 valence electrons. The average Bonchev–Trinajstić information content (AvgIpc) is 3.24. The first-order valence-electron chi connectivity index (χ1n) is 8.58. The van der Waals surface area contributed by atoms with Gasteiger partial charge in [-0.2, -0.15) is 10.2 Å². The van der Waals surface area contributed by atoms with E-state index in [-0.39, 0.29) is 5.91 Å². The molecule has 0 saturated carbocycles. The summed E-state index contributed by atoms with van der Waals surface area (Å²) in [6.07, 6.45) is 9.52. The number of hydrogen-bond acceptors (Lipinski definition) is 5. The third kappa shape index (κ3) is 3.17. The fourth-order valence-electron chi connectivity index (χ4n) is 3.74. The molecule has 1 saturated heterocycles. The molecule has 7 heteroatoms. The van der Waals surface area contributed by atoms with Gasteiger partial charge in [-0.15, -0.1) is 0 Å². The highest BCUT2D eigenvalue weighted by molar-refractivity contribution is 5.93. The standard InChI is InChI=1S/C17H22N6O/c24-17(15-3-4-19-20-9-15)23-12-14(10-21-6-1-2-7-21)11-22-8-5-18-16(22)13-23/h3-5,8-9,14H,1-2,6-7,10-13H2/t14-/m0/s1. The molecule has 0 N–H and O–H groups in total. The van der Waals surface area contributed by atoms with Gasteiger partial charge in [-0.05, 0) is 32.0 Å². The van der Waals surface area contributed by atoms with Gasteiger partial charge in [0.1, 0.15) is 5.82 Å². The van der Waals surface area contributed by atoms with E-state index in [1.165, 1.54) is 32.1 Å². The van der Waals surface area contributed by atoms with Gasteiger partial charge in [0.05, 0.1) is 24.5 Å². The maximum absolute atomic E-state index is 12.9. The Bertz CT molecular complexity index is 694. The monoisotopic (exact) mass is 326 g/mol. The zero-order valence-corrected chi connectivity index (χ0v) is 13.7. The van der Waals surface area contributed by atoms with E-state index in [4.69, 9.17) is 0 Å². The molecule has 4 rings (SSSR count). The lowest BCUT2D eigenvalue weighted by Crippen LogP contribution is -2.38. The molecule has 2 aromatic rings. The second kappa shape index (κ2) is 6.68. The van der Waals surface area contributed by atoms with Gasteiger partial charge in [-0.1, -0.05) is 0 Å². The molecule has 4 heterocycles. The van der Waals surface area contributed by atoms with E-state index in [9.17, 15) is 4.79 Å². The second-order valence-electron chi connectivity index (χ2n) is 6.69. The summed E-state index contributed by atoms with van der Waals surface area (Å²) in [7, 11) is 0. The van der Waals surface area contributed by atoms with Crippen LogP contribution in [-0.2, 0) is 13.1 Å². The molecule has 0 radical (unpaired) electrons. The van der Waals surface area contributed by atoms with E-state index in [0.717, 1.165) is 25.5 Å². The van der Waals surface area contributed by atoms with Crippen molar-refractivity contribution < 1.29 is 4.79 Å². The summed E-state index contributed by atoms with van der Waals surface area (Å²) >= 11 is 0. The Hall–Kier alpha value is -2.28. The Morgan fingerprint density at radius 2 is 2.04 bits per heavy atom. The molecule has 0 spiro atoms. The van der Waals surface area contributed by atoms with E-state index >= 15 is 0 Å². The first-order chi connectivity index (χ1) is 11.8. The van der Waals surface area contributed by atoms with Crippen molar-refractivity contribution >= 4 is 5.91 Å². The molecule has 1 fully saturated rings. The van der Waals surface area contributed by atoms with E-state index in [1.54, 1.807) is 12.3 Å². The van der Waals surface area contributed by atoms with E-state index in [0.29, 0.717) is 18.0 Å². The first kappa shape index (κ1) is 15.3. The van der Waals surface area contributed by atoms with Crippen LogP contribution in [0.25, 0.3) is 0 Å². The molecule has 0 aromatic carbocycles. The van der Waals surface area contributed by atoms with Crippen LogP contribution < -0.4 is 0 Å². The molecule has 2 aromatic heterocycles. The summed E-state index contributed by atoms with van der Waals surface area (Å²) < 4.78 is 2.19. The van der Waals surface area contributed by atoms with Gasteiger partial charge in [-0.25, -0.2) is 4.98 Å². The van der Waals surface area contributed by atoms with Gasteiger partial charge in [0.15, 0.2) is 0 Å². The highest BCUT2D eigenvalue weighted by Crippen LogP contribution is 2.20. The van der Waals surface area contributed by atoms with Gasteiger partial charge < -0.3 is 14.4 Å². The van der Waals surface area contributed by atoms with E-state index in [1.807, 2.05) is 17.3 Å². The van der Waals surface area contributed by atoms with Crippen LogP contribution in [0, 0.1) is 5.92 Å². The summed E-state index contributed by atoms with van der Waals surface area (Å²) in [5, 5.41) is 7.59. The maximum atomic E-state index is 12.9. The lowest BCUT2D eigenvalue weighted by molar-refractivity contribution is 0.0706. The van der Waals surface area contributed by atoms with Gasteiger partial charge in [0.2, 0.25) is 0 Å². The third-order valence-corrected chi connectivity index (χ3v) is 4.90. The van der Waals surface area contributed by atoms with Crippen molar-refractivity contribution in [2.45, 2.75) is 25.9 Å². The van der Waals surface area contributed by atoms with Gasteiger partial charge in [0.25, 0.3) is 5.91 Å². The van der Waals surface area contributed by atoms with Crippen LogP contribution >= 0.6 is 0 Å². The van der Waals surface area contributed by atoms with Gasteiger partial charge in [-0.3, -0.25) is 4.79 Å². The van der Waals surface area contributed by atoms with Crippen LogP contribution in [0.2, 0.25) is 0 Å². The van der Waals surface area contributed by atoms with Gasteiger partial charge in [0, 0.05) is 37.9 Å². The number of hydrogen-bond donors (Lipinski definition) is 0. The fourth-order valence-corrected chi connectivity index (χ4v) is 3.74. The summed E-state index contributed by atoms with van der Waals surface area (Å²) in [6.45, 7) is 5.61. The van der Waals surface area contributed by atoms with E-state index < -0.39 is 0 Å². The molecular formula is C17H22N6O. The van der Waals surface area contributed by atoms with Crippen molar-refractivity contribution in [2.75, 3.05) is 26.2 Å². The number of fused-ring (bicyclic) bond motifs is 1. The first-order valence-corrected chi connectivity index (χ1v) is 8.58. The Labute approximate surface area is 141 Å². The van der Waals surface area contributed by atoms with Crippen molar-refractivity contribution in [1.82, 2.24) is 29.5 Å². The predicted molar refractivity (Wildman–Crippen MR) is 88.2 cm³/mol. The van der Waals surface area contributed by atoms with E-state index in [2.05, 4.69) is 24.6 Å². The number of carbonyl (C=O) groups excluding carboxylic acids is 1. The molecule has 24 heavy (non-hydrogen) atoms. The van der Waals surface area contributed by atoms with Crippen LogP contribution in [-0.4, -0.2) is 61.6 Å². The number of imidazole rings is 1. The molecule has 7 nitrogen and oxygen atoms in total. The smallest absolute Gasteiger partial charge is 0.255 e. The lowest BCUT2D eigenvalue weighted by atomic mass is 10.1.